The van der Waals surface area contributed by atoms with Crippen LogP contribution in [0.25, 0.3) is 22.8 Å². The van der Waals surface area contributed by atoms with Crippen LogP contribution in [0.15, 0.2) is 53.5 Å². The number of nitrogens with zero attached hydrogens (tertiary/aromatic N) is 2. The van der Waals surface area contributed by atoms with E-state index in [-0.39, 0.29) is 5.56 Å². The van der Waals surface area contributed by atoms with Crippen LogP contribution in [0.2, 0.25) is 0 Å². The first kappa shape index (κ1) is 10.5. The van der Waals surface area contributed by atoms with Crippen LogP contribution in [0.3, 0.4) is 0 Å². The molecule has 0 saturated heterocycles. The average Bonchev–Trinajstić information content (AvgIpc) is 2.89. The third-order valence-corrected chi connectivity index (χ3v) is 2.57. The molecule has 0 unspecified atom stereocenters. The molecule has 1 aromatic carbocycles. The molecule has 5 nitrogen and oxygen atoms in total. The second-order valence-corrected chi connectivity index (χ2v) is 3.82. The SMILES string of the molecule is O=c1cc(-c2n[nH]c(-c3ccccc3)n2)cc[nH]1. The molecule has 0 aliphatic carbocycles. The Labute approximate surface area is 103 Å². The number of rotatable bonds is 2. The van der Waals surface area contributed by atoms with Gasteiger partial charge in [-0.2, -0.15) is 5.10 Å². The van der Waals surface area contributed by atoms with Crippen LogP contribution in [0.1, 0.15) is 0 Å². The van der Waals surface area contributed by atoms with Gasteiger partial charge in [0, 0.05) is 23.4 Å². The van der Waals surface area contributed by atoms with Crippen molar-refractivity contribution >= 4 is 0 Å². The van der Waals surface area contributed by atoms with Crippen LogP contribution in [0.4, 0.5) is 0 Å². The number of aromatic amines is 2. The van der Waals surface area contributed by atoms with Gasteiger partial charge in [0.1, 0.15) is 0 Å². The molecule has 0 atom stereocenters. The summed E-state index contributed by atoms with van der Waals surface area (Å²) >= 11 is 0. The smallest absolute Gasteiger partial charge is 0.248 e. The lowest BCUT2D eigenvalue weighted by Gasteiger charge is -1.93. The maximum atomic E-state index is 11.2. The monoisotopic (exact) mass is 238 g/mol. The average molecular weight is 238 g/mol. The van der Waals surface area contributed by atoms with E-state index in [1.165, 1.54) is 6.07 Å². The minimum atomic E-state index is -0.168. The molecule has 0 aliphatic heterocycles. The van der Waals surface area contributed by atoms with Gasteiger partial charge in [0.2, 0.25) is 5.56 Å². The molecule has 3 aromatic rings. The van der Waals surface area contributed by atoms with Crippen molar-refractivity contribution in [3.05, 3.63) is 59.0 Å². The molecule has 2 N–H and O–H groups in total. The predicted octanol–water partition coefficient (Wildman–Crippen LogP) is 1.83. The molecule has 0 saturated carbocycles. The van der Waals surface area contributed by atoms with Crippen molar-refractivity contribution in [1.29, 1.82) is 0 Å². The summed E-state index contributed by atoms with van der Waals surface area (Å²) in [5.41, 5.74) is 1.48. The fraction of sp³-hybridized carbons (Fsp3) is 0. The summed E-state index contributed by atoms with van der Waals surface area (Å²) in [4.78, 5) is 18.2. The Morgan fingerprint density at radius 3 is 2.61 bits per heavy atom. The summed E-state index contributed by atoms with van der Waals surface area (Å²) in [6.45, 7) is 0. The van der Waals surface area contributed by atoms with Crippen molar-refractivity contribution < 1.29 is 0 Å². The van der Waals surface area contributed by atoms with E-state index in [9.17, 15) is 4.79 Å². The zero-order chi connectivity index (χ0) is 12.4. The molecule has 18 heavy (non-hydrogen) atoms. The van der Waals surface area contributed by atoms with E-state index in [0.29, 0.717) is 17.2 Å². The second-order valence-electron chi connectivity index (χ2n) is 3.82. The number of pyridine rings is 1. The van der Waals surface area contributed by atoms with Crippen LogP contribution >= 0.6 is 0 Å². The van der Waals surface area contributed by atoms with Crippen molar-refractivity contribution in [2.45, 2.75) is 0 Å². The Hall–Kier alpha value is -2.69. The molecular formula is C13H10N4O. The van der Waals surface area contributed by atoms with Crippen LogP contribution in [-0.2, 0) is 0 Å². The highest BCUT2D eigenvalue weighted by atomic mass is 16.1. The lowest BCUT2D eigenvalue weighted by molar-refractivity contribution is 1.10. The Bertz CT molecular complexity index is 715. The maximum Gasteiger partial charge on any atom is 0.248 e. The van der Waals surface area contributed by atoms with Crippen LogP contribution < -0.4 is 5.56 Å². The number of aromatic nitrogens is 4. The molecule has 2 aromatic heterocycles. The van der Waals surface area contributed by atoms with Crippen molar-refractivity contribution in [2.75, 3.05) is 0 Å². The summed E-state index contributed by atoms with van der Waals surface area (Å²) in [6, 6.07) is 12.9. The van der Waals surface area contributed by atoms with E-state index in [0.717, 1.165) is 5.56 Å². The molecule has 0 fully saturated rings. The lowest BCUT2D eigenvalue weighted by Crippen LogP contribution is -2.02. The van der Waals surface area contributed by atoms with E-state index < -0.39 is 0 Å². The first-order valence-electron chi connectivity index (χ1n) is 5.50. The number of hydrogen-bond acceptors (Lipinski definition) is 3. The van der Waals surface area contributed by atoms with Crippen LogP contribution in [-0.4, -0.2) is 20.2 Å². The van der Waals surface area contributed by atoms with Gasteiger partial charge in [-0.25, -0.2) is 4.98 Å². The Kier molecular flexibility index (Phi) is 2.49. The Morgan fingerprint density at radius 1 is 1.00 bits per heavy atom. The van der Waals surface area contributed by atoms with Crippen LogP contribution in [0.5, 0.6) is 0 Å². The van der Waals surface area contributed by atoms with Crippen molar-refractivity contribution in [1.82, 2.24) is 20.2 Å². The summed E-state index contributed by atoms with van der Waals surface area (Å²) < 4.78 is 0. The quantitative estimate of drug-likeness (QED) is 0.715. The van der Waals surface area contributed by atoms with Gasteiger partial charge in [-0.15, -0.1) is 0 Å². The zero-order valence-corrected chi connectivity index (χ0v) is 9.42. The van der Waals surface area contributed by atoms with Gasteiger partial charge < -0.3 is 4.98 Å². The topological polar surface area (TPSA) is 74.4 Å². The van der Waals surface area contributed by atoms with Crippen molar-refractivity contribution in [3.8, 4) is 22.8 Å². The zero-order valence-electron chi connectivity index (χ0n) is 9.42. The predicted molar refractivity (Wildman–Crippen MR) is 67.9 cm³/mol. The van der Waals surface area contributed by atoms with E-state index in [1.807, 2.05) is 30.3 Å². The molecule has 0 amide bonds. The standard InChI is InChI=1S/C13H10N4O/c18-11-8-10(6-7-14-11)13-15-12(16-17-13)9-4-2-1-3-5-9/h1-8H,(H,14,18)(H,15,16,17). The third-order valence-electron chi connectivity index (χ3n) is 2.57. The first-order valence-corrected chi connectivity index (χ1v) is 5.50. The highest BCUT2D eigenvalue weighted by Crippen LogP contribution is 2.18. The second kappa shape index (κ2) is 4.29. The van der Waals surface area contributed by atoms with Crippen LogP contribution in [0, 0.1) is 0 Å². The lowest BCUT2D eigenvalue weighted by atomic mass is 10.2. The van der Waals surface area contributed by atoms with Gasteiger partial charge in [0.05, 0.1) is 0 Å². The minimum absolute atomic E-state index is 0.168. The summed E-state index contributed by atoms with van der Waals surface area (Å²) in [5.74, 6) is 1.20. The molecular weight excluding hydrogens is 228 g/mol. The van der Waals surface area contributed by atoms with Gasteiger partial charge in [0.15, 0.2) is 11.6 Å². The maximum absolute atomic E-state index is 11.2. The molecule has 0 radical (unpaired) electrons. The van der Waals surface area contributed by atoms with Gasteiger partial charge in [0.25, 0.3) is 0 Å². The summed E-state index contributed by atoms with van der Waals surface area (Å²) in [6.07, 6.45) is 1.58. The fourth-order valence-corrected chi connectivity index (χ4v) is 1.70. The van der Waals surface area contributed by atoms with Crippen molar-refractivity contribution in [3.63, 3.8) is 0 Å². The molecule has 5 heteroatoms. The van der Waals surface area contributed by atoms with E-state index in [2.05, 4.69) is 20.2 Å². The highest BCUT2D eigenvalue weighted by molar-refractivity contribution is 5.60. The minimum Gasteiger partial charge on any atom is -0.329 e. The summed E-state index contributed by atoms with van der Waals surface area (Å²) in [5, 5.41) is 6.98. The molecule has 0 bridgehead atoms. The normalized spacial score (nSPS) is 10.4. The fourth-order valence-electron chi connectivity index (χ4n) is 1.70. The molecule has 88 valence electrons. The summed E-state index contributed by atoms with van der Waals surface area (Å²) in [7, 11) is 0. The van der Waals surface area contributed by atoms with Gasteiger partial charge >= 0.3 is 0 Å². The molecule has 3 rings (SSSR count). The van der Waals surface area contributed by atoms with Gasteiger partial charge in [-0.1, -0.05) is 30.3 Å². The Balaban J connectivity index is 2.02. The molecule has 0 aliphatic rings. The van der Waals surface area contributed by atoms with Crippen molar-refractivity contribution in [2.24, 2.45) is 0 Å². The van der Waals surface area contributed by atoms with Gasteiger partial charge in [-0.05, 0) is 6.07 Å². The number of nitrogens with one attached hydrogen (secondary N) is 2. The largest absolute Gasteiger partial charge is 0.329 e. The van der Waals surface area contributed by atoms with E-state index >= 15 is 0 Å². The van der Waals surface area contributed by atoms with Gasteiger partial charge in [-0.3, -0.25) is 9.89 Å². The van der Waals surface area contributed by atoms with E-state index in [1.54, 1.807) is 12.3 Å². The van der Waals surface area contributed by atoms with E-state index in [4.69, 9.17) is 0 Å². The highest BCUT2D eigenvalue weighted by Gasteiger charge is 2.07. The number of H-pyrrole nitrogens is 2. The molecule has 0 spiro atoms. The Morgan fingerprint density at radius 2 is 1.83 bits per heavy atom. The molecule has 2 heterocycles. The first-order chi connectivity index (χ1) is 8.83. The number of hydrogen-bond donors (Lipinski definition) is 2. The number of benzene rings is 1. The third kappa shape index (κ3) is 1.93.